The van der Waals surface area contributed by atoms with Crippen molar-refractivity contribution in [2.75, 3.05) is 13.2 Å². The van der Waals surface area contributed by atoms with Crippen LogP contribution in [0.3, 0.4) is 0 Å². The number of amides is 1. The lowest BCUT2D eigenvalue weighted by Crippen LogP contribution is -2.35. The van der Waals surface area contributed by atoms with Gasteiger partial charge in [0.1, 0.15) is 16.6 Å². The SMILES string of the molecule is O=C(Cc1csc(-c2cccc(F)c2)n1)NCC1COc2ccccc2C1. The molecule has 0 bridgehead atoms. The smallest absolute Gasteiger partial charge is 0.226 e. The minimum Gasteiger partial charge on any atom is -0.493 e. The molecule has 1 aliphatic heterocycles. The van der Waals surface area contributed by atoms with Gasteiger partial charge in [-0.2, -0.15) is 0 Å². The Bertz CT molecular complexity index is 957. The predicted octanol–water partition coefficient (Wildman–Crippen LogP) is 3.86. The molecule has 2 aromatic carbocycles. The Kier molecular flexibility index (Phi) is 5.16. The largest absolute Gasteiger partial charge is 0.493 e. The van der Waals surface area contributed by atoms with Crippen LogP contribution in [0.1, 0.15) is 11.3 Å². The highest BCUT2D eigenvalue weighted by Crippen LogP contribution is 2.27. The van der Waals surface area contributed by atoms with Gasteiger partial charge in [-0.15, -0.1) is 11.3 Å². The van der Waals surface area contributed by atoms with Crippen LogP contribution in [0.2, 0.25) is 0 Å². The molecule has 0 saturated carbocycles. The summed E-state index contributed by atoms with van der Waals surface area (Å²) in [7, 11) is 0. The number of thiazole rings is 1. The third kappa shape index (κ3) is 4.34. The van der Waals surface area contributed by atoms with Gasteiger partial charge in [-0.1, -0.05) is 30.3 Å². The van der Waals surface area contributed by atoms with Gasteiger partial charge in [0, 0.05) is 23.4 Å². The van der Waals surface area contributed by atoms with E-state index in [4.69, 9.17) is 4.74 Å². The molecule has 138 valence electrons. The molecule has 27 heavy (non-hydrogen) atoms. The minimum atomic E-state index is -0.293. The van der Waals surface area contributed by atoms with Crippen molar-refractivity contribution in [2.24, 2.45) is 5.92 Å². The quantitative estimate of drug-likeness (QED) is 0.729. The zero-order valence-electron chi connectivity index (χ0n) is 14.7. The van der Waals surface area contributed by atoms with Crippen molar-refractivity contribution in [3.8, 4) is 16.3 Å². The molecule has 1 amide bonds. The summed E-state index contributed by atoms with van der Waals surface area (Å²) >= 11 is 1.41. The van der Waals surface area contributed by atoms with Crippen molar-refractivity contribution >= 4 is 17.2 Å². The van der Waals surface area contributed by atoms with Crippen molar-refractivity contribution in [1.29, 1.82) is 0 Å². The number of ether oxygens (including phenoxy) is 1. The molecule has 0 aliphatic carbocycles. The number of rotatable bonds is 5. The second-order valence-electron chi connectivity index (χ2n) is 6.62. The number of halogens is 1. The first-order valence-electron chi connectivity index (χ1n) is 8.85. The zero-order valence-corrected chi connectivity index (χ0v) is 15.5. The molecule has 1 aliphatic rings. The first-order valence-corrected chi connectivity index (χ1v) is 9.73. The van der Waals surface area contributed by atoms with Crippen molar-refractivity contribution in [1.82, 2.24) is 10.3 Å². The van der Waals surface area contributed by atoms with Crippen LogP contribution < -0.4 is 10.1 Å². The predicted molar refractivity (Wildman–Crippen MR) is 103 cm³/mol. The van der Waals surface area contributed by atoms with Gasteiger partial charge >= 0.3 is 0 Å². The van der Waals surface area contributed by atoms with E-state index in [1.807, 2.05) is 29.6 Å². The Morgan fingerprint density at radius 1 is 1.26 bits per heavy atom. The fraction of sp³-hybridized carbons (Fsp3) is 0.238. The van der Waals surface area contributed by atoms with Gasteiger partial charge in [0.2, 0.25) is 5.91 Å². The molecule has 1 atom stereocenters. The fourth-order valence-corrected chi connectivity index (χ4v) is 3.97. The Labute approximate surface area is 161 Å². The van der Waals surface area contributed by atoms with E-state index in [0.717, 1.165) is 22.7 Å². The van der Waals surface area contributed by atoms with Gasteiger partial charge in [0.05, 0.1) is 18.7 Å². The number of para-hydroxylation sites is 1. The molecule has 1 N–H and O–H groups in total. The number of hydrogen-bond donors (Lipinski definition) is 1. The van der Waals surface area contributed by atoms with Crippen molar-refractivity contribution in [2.45, 2.75) is 12.8 Å². The van der Waals surface area contributed by atoms with Crippen molar-refractivity contribution < 1.29 is 13.9 Å². The molecular weight excluding hydrogens is 363 g/mol. The van der Waals surface area contributed by atoms with Crippen LogP contribution in [0.5, 0.6) is 5.75 Å². The van der Waals surface area contributed by atoms with Crippen LogP contribution >= 0.6 is 11.3 Å². The molecule has 2 heterocycles. The molecule has 6 heteroatoms. The van der Waals surface area contributed by atoms with Crippen molar-refractivity contribution in [3.05, 3.63) is 71.0 Å². The van der Waals surface area contributed by atoms with Crippen LogP contribution in [-0.2, 0) is 17.6 Å². The summed E-state index contributed by atoms with van der Waals surface area (Å²) in [4.78, 5) is 16.7. The summed E-state index contributed by atoms with van der Waals surface area (Å²) in [6.07, 6.45) is 1.12. The Morgan fingerprint density at radius 3 is 3.04 bits per heavy atom. The van der Waals surface area contributed by atoms with Crippen LogP contribution in [-0.4, -0.2) is 24.0 Å². The molecular formula is C21H19FN2O2S. The summed E-state index contributed by atoms with van der Waals surface area (Å²) in [5.74, 6) is 0.845. The number of carbonyl (C=O) groups excluding carboxylic acids is 1. The van der Waals surface area contributed by atoms with E-state index in [2.05, 4.69) is 16.4 Å². The summed E-state index contributed by atoms with van der Waals surface area (Å²) in [5.41, 5.74) is 2.61. The van der Waals surface area contributed by atoms with Gasteiger partial charge in [0.15, 0.2) is 0 Å². The maximum Gasteiger partial charge on any atom is 0.226 e. The van der Waals surface area contributed by atoms with Crippen LogP contribution in [0.4, 0.5) is 4.39 Å². The van der Waals surface area contributed by atoms with Gasteiger partial charge in [0.25, 0.3) is 0 Å². The molecule has 0 saturated heterocycles. The zero-order chi connectivity index (χ0) is 18.6. The lowest BCUT2D eigenvalue weighted by atomic mass is 9.97. The highest BCUT2D eigenvalue weighted by Gasteiger charge is 2.20. The number of nitrogens with one attached hydrogen (secondary N) is 1. The maximum absolute atomic E-state index is 13.3. The van der Waals surface area contributed by atoms with Crippen LogP contribution in [0.15, 0.2) is 53.9 Å². The number of benzene rings is 2. The normalized spacial score (nSPS) is 15.7. The summed E-state index contributed by atoms with van der Waals surface area (Å²) in [6.45, 7) is 1.19. The molecule has 0 spiro atoms. The van der Waals surface area contributed by atoms with Gasteiger partial charge in [-0.25, -0.2) is 9.37 Å². The van der Waals surface area contributed by atoms with E-state index >= 15 is 0 Å². The molecule has 4 nitrogen and oxygen atoms in total. The first-order chi connectivity index (χ1) is 13.2. The molecule has 1 aromatic heterocycles. The second kappa shape index (κ2) is 7.88. The molecule has 1 unspecified atom stereocenters. The van der Waals surface area contributed by atoms with E-state index in [1.54, 1.807) is 6.07 Å². The van der Waals surface area contributed by atoms with Crippen LogP contribution in [0.25, 0.3) is 10.6 Å². The number of aromatic nitrogens is 1. The summed E-state index contributed by atoms with van der Waals surface area (Å²) < 4.78 is 19.1. The molecule has 0 radical (unpaired) electrons. The number of hydrogen-bond acceptors (Lipinski definition) is 4. The Balaban J connectivity index is 1.30. The molecule has 4 rings (SSSR count). The first kappa shape index (κ1) is 17.7. The highest BCUT2D eigenvalue weighted by molar-refractivity contribution is 7.13. The maximum atomic E-state index is 13.3. The lowest BCUT2D eigenvalue weighted by Gasteiger charge is -2.25. The van der Waals surface area contributed by atoms with E-state index in [0.29, 0.717) is 18.8 Å². The standard InChI is InChI=1S/C21H19FN2O2S/c22-17-6-3-5-16(9-17)21-24-18(13-27-21)10-20(25)23-11-14-8-15-4-1-2-7-19(15)26-12-14/h1-7,9,13-14H,8,10-12H2,(H,23,25). The van der Waals surface area contributed by atoms with Crippen LogP contribution in [0, 0.1) is 11.7 Å². The fourth-order valence-electron chi connectivity index (χ4n) is 3.15. The average Bonchev–Trinajstić information content (AvgIpc) is 3.15. The minimum absolute atomic E-state index is 0.0649. The van der Waals surface area contributed by atoms with E-state index in [9.17, 15) is 9.18 Å². The topological polar surface area (TPSA) is 51.2 Å². The van der Waals surface area contributed by atoms with Gasteiger partial charge in [-0.3, -0.25) is 4.79 Å². The Morgan fingerprint density at radius 2 is 2.15 bits per heavy atom. The van der Waals surface area contributed by atoms with E-state index in [-0.39, 0.29) is 24.1 Å². The summed E-state index contributed by atoms with van der Waals surface area (Å²) in [5, 5.41) is 5.54. The van der Waals surface area contributed by atoms with E-state index in [1.165, 1.54) is 29.0 Å². The number of fused-ring (bicyclic) bond motifs is 1. The monoisotopic (exact) mass is 382 g/mol. The molecule has 0 fully saturated rings. The Hall–Kier alpha value is -2.73. The number of carbonyl (C=O) groups is 1. The summed E-state index contributed by atoms with van der Waals surface area (Å²) in [6, 6.07) is 14.3. The average molecular weight is 382 g/mol. The lowest BCUT2D eigenvalue weighted by molar-refractivity contribution is -0.120. The van der Waals surface area contributed by atoms with E-state index < -0.39 is 0 Å². The van der Waals surface area contributed by atoms with Gasteiger partial charge < -0.3 is 10.1 Å². The second-order valence-corrected chi connectivity index (χ2v) is 7.48. The highest BCUT2D eigenvalue weighted by atomic mass is 32.1. The number of nitrogens with zero attached hydrogens (tertiary/aromatic N) is 1. The van der Waals surface area contributed by atoms with Crippen molar-refractivity contribution in [3.63, 3.8) is 0 Å². The van der Waals surface area contributed by atoms with Gasteiger partial charge in [-0.05, 0) is 30.2 Å². The third-order valence-electron chi connectivity index (χ3n) is 4.51. The molecule has 3 aromatic rings. The third-order valence-corrected chi connectivity index (χ3v) is 5.45.